The number of carbonyl (C=O) groups is 1. The molecule has 100 valence electrons. The van der Waals surface area contributed by atoms with Crippen LogP contribution in [-0.4, -0.2) is 24.3 Å². The van der Waals surface area contributed by atoms with E-state index in [-0.39, 0.29) is 23.9 Å². The average Bonchev–Trinajstić information content (AvgIpc) is 2.64. The molecule has 0 aromatic rings. The minimum absolute atomic E-state index is 0.0260. The van der Waals surface area contributed by atoms with Gasteiger partial charge in [0.1, 0.15) is 6.61 Å². The van der Waals surface area contributed by atoms with E-state index in [9.17, 15) is 9.90 Å². The standard InChI is InChI=1S/C15H22O3/c1-4-10-6-15(2,3)7-12(10)13-9-18-14(17)5-11(13)8-16/h4,10-11,16H,1,5-9H2,2-3H3/b13-12+/t10-,11+/m1/s1. The second-order valence-electron chi connectivity index (χ2n) is 6.18. The zero-order chi connectivity index (χ0) is 13.3. The summed E-state index contributed by atoms with van der Waals surface area (Å²) in [6.07, 6.45) is 4.38. The Labute approximate surface area is 109 Å². The molecule has 0 amide bonds. The fraction of sp³-hybridized carbons (Fsp3) is 0.667. The highest BCUT2D eigenvalue weighted by molar-refractivity contribution is 5.72. The predicted octanol–water partition coefficient (Wildman–Crippen LogP) is 2.46. The summed E-state index contributed by atoms with van der Waals surface area (Å²) in [7, 11) is 0. The van der Waals surface area contributed by atoms with E-state index >= 15 is 0 Å². The van der Waals surface area contributed by atoms with Crippen LogP contribution in [0, 0.1) is 17.3 Å². The van der Waals surface area contributed by atoms with Gasteiger partial charge in [-0.3, -0.25) is 4.79 Å². The summed E-state index contributed by atoms with van der Waals surface area (Å²) in [5, 5.41) is 9.46. The minimum Gasteiger partial charge on any atom is -0.461 e. The van der Waals surface area contributed by atoms with Crippen LogP contribution in [0.1, 0.15) is 33.1 Å². The highest BCUT2D eigenvalue weighted by Gasteiger charge is 2.38. The molecule has 1 aliphatic heterocycles. The van der Waals surface area contributed by atoms with Crippen LogP contribution in [0.5, 0.6) is 0 Å². The first kappa shape index (κ1) is 13.3. The van der Waals surface area contributed by atoms with Crippen molar-refractivity contribution in [2.24, 2.45) is 17.3 Å². The summed E-state index contributed by atoms with van der Waals surface area (Å²) in [5.74, 6) is 0.101. The highest BCUT2D eigenvalue weighted by Crippen LogP contribution is 2.48. The maximum absolute atomic E-state index is 11.3. The number of aliphatic hydroxyl groups excluding tert-OH is 1. The summed E-state index contributed by atoms with van der Waals surface area (Å²) >= 11 is 0. The summed E-state index contributed by atoms with van der Waals surface area (Å²) in [6.45, 7) is 8.79. The van der Waals surface area contributed by atoms with E-state index in [0.29, 0.717) is 18.9 Å². The molecule has 0 aromatic carbocycles. The Bertz CT molecular complexity index is 393. The van der Waals surface area contributed by atoms with E-state index in [4.69, 9.17) is 4.74 Å². The van der Waals surface area contributed by atoms with Gasteiger partial charge >= 0.3 is 5.97 Å². The van der Waals surface area contributed by atoms with Gasteiger partial charge in [0.05, 0.1) is 13.0 Å². The van der Waals surface area contributed by atoms with Crippen molar-refractivity contribution in [1.29, 1.82) is 0 Å². The number of hydrogen-bond acceptors (Lipinski definition) is 3. The number of hydrogen-bond donors (Lipinski definition) is 1. The molecule has 2 atom stereocenters. The molecule has 3 nitrogen and oxygen atoms in total. The molecule has 0 aromatic heterocycles. The average molecular weight is 250 g/mol. The molecule has 1 saturated heterocycles. The Morgan fingerprint density at radius 3 is 2.83 bits per heavy atom. The SMILES string of the molecule is C=C[C@@H]1CC(C)(C)C/C1=C1/COC(=O)C[C@H]1CO. The molecule has 1 N–H and O–H groups in total. The number of carbonyl (C=O) groups excluding carboxylic acids is 1. The molecule has 0 bridgehead atoms. The van der Waals surface area contributed by atoms with E-state index in [1.54, 1.807) is 0 Å². The third kappa shape index (κ3) is 2.51. The van der Waals surface area contributed by atoms with Crippen LogP contribution in [0.2, 0.25) is 0 Å². The van der Waals surface area contributed by atoms with Crippen LogP contribution in [0.25, 0.3) is 0 Å². The van der Waals surface area contributed by atoms with Gasteiger partial charge in [0, 0.05) is 5.92 Å². The Balaban J connectivity index is 2.33. The monoisotopic (exact) mass is 250 g/mol. The fourth-order valence-corrected chi connectivity index (χ4v) is 3.20. The molecule has 2 rings (SSSR count). The second kappa shape index (κ2) is 4.88. The summed E-state index contributed by atoms with van der Waals surface area (Å²) in [4.78, 5) is 11.3. The van der Waals surface area contributed by atoms with Crippen molar-refractivity contribution >= 4 is 5.97 Å². The Kier molecular flexibility index (Phi) is 3.62. The van der Waals surface area contributed by atoms with Crippen molar-refractivity contribution < 1.29 is 14.6 Å². The zero-order valence-electron chi connectivity index (χ0n) is 11.2. The van der Waals surface area contributed by atoms with Gasteiger partial charge in [-0.1, -0.05) is 25.5 Å². The van der Waals surface area contributed by atoms with Crippen molar-refractivity contribution in [3.05, 3.63) is 23.8 Å². The first-order chi connectivity index (χ1) is 8.46. The third-order valence-electron chi connectivity index (χ3n) is 4.10. The number of aliphatic hydroxyl groups is 1. The van der Waals surface area contributed by atoms with Crippen molar-refractivity contribution in [2.75, 3.05) is 13.2 Å². The van der Waals surface area contributed by atoms with Crippen molar-refractivity contribution in [3.8, 4) is 0 Å². The molecule has 1 heterocycles. The molecule has 2 aliphatic rings. The molecule has 0 radical (unpaired) electrons. The van der Waals surface area contributed by atoms with Gasteiger partial charge < -0.3 is 9.84 Å². The molecule has 2 fully saturated rings. The van der Waals surface area contributed by atoms with E-state index in [1.807, 2.05) is 6.08 Å². The quantitative estimate of drug-likeness (QED) is 0.605. The zero-order valence-corrected chi connectivity index (χ0v) is 11.2. The van der Waals surface area contributed by atoms with Crippen molar-refractivity contribution in [1.82, 2.24) is 0 Å². The first-order valence-corrected chi connectivity index (χ1v) is 6.57. The second-order valence-corrected chi connectivity index (χ2v) is 6.18. The van der Waals surface area contributed by atoms with Gasteiger partial charge in [0.2, 0.25) is 0 Å². The van der Waals surface area contributed by atoms with Crippen molar-refractivity contribution in [2.45, 2.75) is 33.1 Å². The Morgan fingerprint density at radius 1 is 1.50 bits per heavy atom. The summed E-state index contributed by atoms with van der Waals surface area (Å²) in [6, 6.07) is 0. The lowest BCUT2D eigenvalue weighted by molar-refractivity contribution is -0.146. The maximum Gasteiger partial charge on any atom is 0.306 e. The molecular weight excluding hydrogens is 228 g/mol. The van der Waals surface area contributed by atoms with Gasteiger partial charge in [0.25, 0.3) is 0 Å². The third-order valence-corrected chi connectivity index (χ3v) is 4.10. The molecule has 1 saturated carbocycles. The topological polar surface area (TPSA) is 46.5 Å². The van der Waals surface area contributed by atoms with Gasteiger partial charge in [-0.2, -0.15) is 0 Å². The van der Waals surface area contributed by atoms with Gasteiger partial charge in [-0.05, 0) is 29.7 Å². The van der Waals surface area contributed by atoms with Gasteiger partial charge in [-0.15, -0.1) is 6.58 Å². The molecule has 0 spiro atoms. The first-order valence-electron chi connectivity index (χ1n) is 6.57. The largest absolute Gasteiger partial charge is 0.461 e. The van der Waals surface area contributed by atoms with Crippen molar-refractivity contribution in [3.63, 3.8) is 0 Å². The molecular formula is C15H22O3. The van der Waals surface area contributed by atoms with E-state index in [0.717, 1.165) is 18.4 Å². The fourth-order valence-electron chi connectivity index (χ4n) is 3.20. The van der Waals surface area contributed by atoms with Crippen LogP contribution >= 0.6 is 0 Å². The van der Waals surface area contributed by atoms with Crippen LogP contribution in [0.15, 0.2) is 23.8 Å². The number of ether oxygens (including phenoxy) is 1. The molecule has 3 heteroatoms. The van der Waals surface area contributed by atoms with Crippen LogP contribution in [0.3, 0.4) is 0 Å². The number of esters is 1. The van der Waals surface area contributed by atoms with Gasteiger partial charge in [0.15, 0.2) is 0 Å². The normalized spacial score (nSPS) is 35.4. The Morgan fingerprint density at radius 2 is 2.22 bits per heavy atom. The number of cyclic esters (lactones) is 1. The van der Waals surface area contributed by atoms with Crippen LogP contribution in [-0.2, 0) is 9.53 Å². The number of rotatable bonds is 2. The molecule has 0 unspecified atom stereocenters. The summed E-state index contributed by atoms with van der Waals surface area (Å²) in [5.41, 5.74) is 2.73. The minimum atomic E-state index is -0.203. The lowest BCUT2D eigenvalue weighted by Gasteiger charge is -2.27. The smallest absolute Gasteiger partial charge is 0.306 e. The lowest BCUT2D eigenvalue weighted by atomic mass is 9.86. The van der Waals surface area contributed by atoms with Crippen LogP contribution < -0.4 is 0 Å². The summed E-state index contributed by atoms with van der Waals surface area (Å²) < 4.78 is 5.15. The maximum atomic E-state index is 11.3. The number of allylic oxidation sites excluding steroid dienone is 2. The molecule has 1 aliphatic carbocycles. The van der Waals surface area contributed by atoms with E-state index in [2.05, 4.69) is 20.4 Å². The van der Waals surface area contributed by atoms with E-state index < -0.39 is 0 Å². The molecule has 18 heavy (non-hydrogen) atoms. The highest BCUT2D eigenvalue weighted by atomic mass is 16.5. The lowest BCUT2D eigenvalue weighted by Crippen LogP contribution is -2.27. The van der Waals surface area contributed by atoms with Crippen LogP contribution in [0.4, 0.5) is 0 Å². The Hall–Kier alpha value is -1.09. The van der Waals surface area contributed by atoms with E-state index in [1.165, 1.54) is 5.57 Å². The van der Waals surface area contributed by atoms with Gasteiger partial charge in [-0.25, -0.2) is 0 Å². The predicted molar refractivity (Wildman–Crippen MR) is 69.9 cm³/mol.